The standard InChI is InChI=1S/C13H24N4/c1-10(13(2,3)4)17(5)9-11-6-7-15-12(8-11)16-14/h6-8,10H,9,14H2,1-5H3,(H,15,16). The zero-order valence-corrected chi connectivity index (χ0v) is 11.5. The van der Waals surface area contributed by atoms with E-state index in [1.54, 1.807) is 6.20 Å². The Kier molecular flexibility index (Phi) is 4.48. The Labute approximate surface area is 104 Å². The molecule has 0 spiro atoms. The van der Waals surface area contributed by atoms with Crippen LogP contribution in [-0.4, -0.2) is 23.0 Å². The van der Waals surface area contributed by atoms with Gasteiger partial charge in [-0.1, -0.05) is 20.8 Å². The van der Waals surface area contributed by atoms with Crippen molar-refractivity contribution in [2.75, 3.05) is 12.5 Å². The summed E-state index contributed by atoms with van der Waals surface area (Å²) in [6.07, 6.45) is 1.78. The van der Waals surface area contributed by atoms with Crippen LogP contribution in [0.1, 0.15) is 33.3 Å². The van der Waals surface area contributed by atoms with E-state index in [0.717, 1.165) is 6.54 Å². The molecular weight excluding hydrogens is 212 g/mol. The van der Waals surface area contributed by atoms with Gasteiger partial charge in [-0.3, -0.25) is 4.90 Å². The van der Waals surface area contributed by atoms with Gasteiger partial charge in [-0.15, -0.1) is 0 Å². The second-order valence-corrected chi connectivity index (χ2v) is 5.65. The molecule has 17 heavy (non-hydrogen) atoms. The minimum Gasteiger partial charge on any atom is -0.308 e. The fourth-order valence-corrected chi connectivity index (χ4v) is 1.74. The van der Waals surface area contributed by atoms with Gasteiger partial charge in [0.25, 0.3) is 0 Å². The number of nitrogens with two attached hydrogens (primary N) is 1. The highest BCUT2D eigenvalue weighted by Crippen LogP contribution is 2.24. The molecule has 1 rings (SSSR count). The fourth-order valence-electron chi connectivity index (χ4n) is 1.74. The van der Waals surface area contributed by atoms with Gasteiger partial charge in [0.2, 0.25) is 0 Å². The molecule has 0 saturated heterocycles. The van der Waals surface area contributed by atoms with E-state index in [2.05, 4.69) is 50.1 Å². The van der Waals surface area contributed by atoms with Crippen molar-refractivity contribution in [3.63, 3.8) is 0 Å². The highest BCUT2D eigenvalue weighted by Gasteiger charge is 2.23. The van der Waals surface area contributed by atoms with Crippen LogP contribution in [0.25, 0.3) is 0 Å². The van der Waals surface area contributed by atoms with Crippen molar-refractivity contribution in [1.29, 1.82) is 0 Å². The number of nitrogen functional groups attached to an aromatic ring is 1. The van der Waals surface area contributed by atoms with Gasteiger partial charge in [-0.05, 0) is 37.1 Å². The summed E-state index contributed by atoms with van der Waals surface area (Å²) in [6.45, 7) is 9.92. The summed E-state index contributed by atoms with van der Waals surface area (Å²) < 4.78 is 0. The Morgan fingerprint density at radius 2 is 2.12 bits per heavy atom. The van der Waals surface area contributed by atoms with E-state index in [4.69, 9.17) is 5.84 Å². The Balaban J connectivity index is 2.70. The molecule has 0 radical (unpaired) electrons. The summed E-state index contributed by atoms with van der Waals surface area (Å²) in [4.78, 5) is 6.45. The lowest BCUT2D eigenvalue weighted by molar-refractivity contribution is 0.134. The molecule has 1 aromatic rings. The first-order valence-electron chi connectivity index (χ1n) is 5.96. The first-order valence-corrected chi connectivity index (χ1v) is 5.96. The van der Waals surface area contributed by atoms with Crippen molar-refractivity contribution in [2.24, 2.45) is 11.3 Å². The van der Waals surface area contributed by atoms with E-state index >= 15 is 0 Å². The van der Waals surface area contributed by atoms with Crippen LogP contribution in [0.4, 0.5) is 5.82 Å². The second kappa shape index (κ2) is 5.47. The van der Waals surface area contributed by atoms with Gasteiger partial charge in [0.15, 0.2) is 0 Å². The molecule has 3 N–H and O–H groups in total. The summed E-state index contributed by atoms with van der Waals surface area (Å²) in [5.41, 5.74) is 4.06. The van der Waals surface area contributed by atoms with Crippen LogP contribution in [0.5, 0.6) is 0 Å². The van der Waals surface area contributed by atoms with Gasteiger partial charge in [-0.2, -0.15) is 0 Å². The lowest BCUT2D eigenvalue weighted by Crippen LogP contribution is -2.38. The summed E-state index contributed by atoms with van der Waals surface area (Å²) in [6, 6.07) is 4.50. The molecule has 1 unspecified atom stereocenters. The van der Waals surface area contributed by atoms with Gasteiger partial charge in [0, 0.05) is 18.8 Å². The number of hydrazine groups is 1. The number of hydrogen-bond acceptors (Lipinski definition) is 4. The minimum absolute atomic E-state index is 0.275. The van der Waals surface area contributed by atoms with E-state index in [0.29, 0.717) is 11.9 Å². The van der Waals surface area contributed by atoms with E-state index in [9.17, 15) is 0 Å². The maximum atomic E-state index is 5.35. The van der Waals surface area contributed by atoms with Crippen molar-refractivity contribution < 1.29 is 0 Å². The Bertz CT molecular complexity index is 357. The first-order chi connectivity index (χ1) is 7.84. The van der Waals surface area contributed by atoms with Crippen molar-refractivity contribution in [3.8, 4) is 0 Å². The quantitative estimate of drug-likeness (QED) is 0.622. The summed E-state index contributed by atoms with van der Waals surface area (Å²) in [5.74, 6) is 6.06. The lowest BCUT2D eigenvalue weighted by atomic mass is 9.87. The highest BCUT2D eigenvalue weighted by molar-refractivity contribution is 5.35. The van der Waals surface area contributed by atoms with Crippen molar-refractivity contribution in [1.82, 2.24) is 9.88 Å². The molecule has 0 saturated carbocycles. The Hall–Kier alpha value is -1.13. The van der Waals surface area contributed by atoms with Crippen LogP contribution in [0.2, 0.25) is 0 Å². The molecule has 0 bridgehead atoms. The molecule has 0 amide bonds. The van der Waals surface area contributed by atoms with Crippen LogP contribution < -0.4 is 11.3 Å². The van der Waals surface area contributed by atoms with Gasteiger partial charge in [-0.25, -0.2) is 10.8 Å². The smallest absolute Gasteiger partial charge is 0.140 e. The molecular formula is C13H24N4. The lowest BCUT2D eigenvalue weighted by Gasteiger charge is -2.35. The van der Waals surface area contributed by atoms with E-state index in [1.165, 1.54) is 5.56 Å². The number of nitrogens with one attached hydrogen (secondary N) is 1. The molecule has 0 aliphatic rings. The molecule has 4 nitrogen and oxygen atoms in total. The maximum absolute atomic E-state index is 5.35. The van der Waals surface area contributed by atoms with Crippen molar-refractivity contribution in [3.05, 3.63) is 23.9 Å². The normalized spacial score (nSPS) is 13.8. The Morgan fingerprint density at radius 1 is 1.47 bits per heavy atom. The monoisotopic (exact) mass is 236 g/mol. The average Bonchev–Trinajstić information content (AvgIpc) is 2.27. The van der Waals surface area contributed by atoms with Crippen LogP contribution in [0, 0.1) is 5.41 Å². The molecule has 0 aliphatic carbocycles. The zero-order valence-electron chi connectivity index (χ0n) is 11.5. The molecule has 0 aliphatic heterocycles. The molecule has 96 valence electrons. The first kappa shape index (κ1) is 13.9. The average molecular weight is 236 g/mol. The van der Waals surface area contributed by atoms with Crippen molar-refractivity contribution in [2.45, 2.75) is 40.3 Å². The topological polar surface area (TPSA) is 54.2 Å². The SMILES string of the molecule is CC(N(C)Cc1ccnc(NN)c1)C(C)(C)C. The largest absolute Gasteiger partial charge is 0.308 e. The van der Waals surface area contributed by atoms with Gasteiger partial charge in [0.05, 0.1) is 0 Å². The number of pyridine rings is 1. The number of hydrogen-bond donors (Lipinski definition) is 2. The fraction of sp³-hybridized carbons (Fsp3) is 0.615. The third-order valence-electron chi connectivity index (χ3n) is 3.32. The van der Waals surface area contributed by atoms with Crippen LogP contribution >= 0.6 is 0 Å². The summed E-state index contributed by atoms with van der Waals surface area (Å²) >= 11 is 0. The highest BCUT2D eigenvalue weighted by atomic mass is 15.2. The summed E-state index contributed by atoms with van der Waals surface area (Å²) in [5, 5.41) is 0. The maximum Gasteiger partial charge on any atom is 0.140 e. The van der Waals surface area contributed by atoms with Gasteiger partial charge >= 0.3 is 0 Å². The molecule has 0 fully saturated rings. The minimum atomic E-state index is 0.275. The van der Waals surface area contributed by atoms with Crippen LogP contribution in [-0.2, 0) is 6.54 Å². The number of aromatic nitrogens is 1. The summed E-state index contributed by atoms with van der Waals surface area (Å²) in [7, 11) is 2.14. The molecule has 1 heterocycles. The predicted octanol–water partition coefficient (Wildman–Crippen LogP) is 2.23. The van der Waals surface area contributed by atoms with Gasteiger partial charge < -0.3 is 5.43 Å². The third kappa shape index (κ3) is 3.98. The van der Waals surface area contributed by atoms with E-state index < -0.39 is 0 Å². The van der Waals surface area contributed by atoms with Gasteiger partial charge in [0.1, 0.15) is 5.82 Å². The third-order valence-corrected chi connectivity index (χ3v) is 3.32. The van der Waals surface area contributed by atoms with Crippen LogP contribution in [0.3, 0.4) is 0 Å². The second-order valence-electron chi connectivity index (χ2n) is 5.65. The van der Waals surface area contributed by atoms with E-state index in [1.807, 2.05) is 12.1 Å². The Morgan fingerprint density at radius 3 is 2.65 bits per heavy atom. The number of nitrogens with zero attached hydrogens (tertiary/aromatic N) is 2. The molecule has 4 heteroatoms. The molecule has 1 atom stereocenters. The van der Waals surface area contributed by atoms with E-state index in [-0.39, 0.29) is 5.41 Å². The zero-order chi connectivity index (χ0) is 13.1. The number of anilines is 1. The van der Waals surface area contributed by atoms with Crippen molar-refractivity contribution >= 4 is 5.82 Å². The molecule has 1 aromatic heterocycles. The molecule has 0 aromatic carbocycles. The number of rotatable bonds is 4. The predicted molar refractivity (Wildman–Crippen MR) is 72.4 cm³/mol. The van der Waals surface area contributed by atoms with Crippen LogP contribution in [0.15, 0.2) is 18.3 Å².